The highest BCUT2D eigenvalue weighted by Crippen LogP contribution is 2.41. The van der Waals surface area contributed by atoms with E-state index in [1.54, 1.807) is 12.1 Å². The molecule has 35 heavy (non-hydrogen) atoms. The molecule has 1 saturated heterocycles. The molecule has 1 aliphatic heterocycles. The average Bonchev–Trinajstić information content (AvgIpc) is 2.79. The fraction of sp³-hybridized carbons (Fsp3) is 0.536. The second-order valence-corrected chi connectivity index (χ2v) is 18.1. The Balaban J connectivity index is 1.77. The molecule has 2 atom stereocenters. The van der Waals surface area contributed by atoms with Crippen LogP contribution < -0.4 is 0 Å². The van der Waals surface area contributed by atoms with Crippen LogP contribution in [0.1, 0.15) is 57.1 Å². The number of nitrogens with zero attached hydrogens (tertiary/aromatic N) is 1. The van der Waals surface area contributed by atoms with Gasteiger partial charge in [0.2, 0.25) is 0 Å². The highest BCUT2D eigenvalue weighted by atomic mass is 35.5. The molecular weight excluding hydrogens is 497 g/mol. The Kier molecular flexibility index (Phi) is 8.94. The monoisotopic (exact) mass is 535 g/mol. The molecule has 2 aromatic rings. The molecular formula is C28H39Cl2NO3Si. The van der Waals surface area contributed by atoms with E-state index in [9.17, 15) is 15.0 Å². The molecule has 4 nitrogen and oxygen atoms in total. The van der Waals surface area contributed by atoms with Crippen LogP contribution in [-0.4, -0.2) is 48.3 Å². The zero-order chi connectivity index (χ0) is 26.0. The van der Waals surface area contributed by atoms with Crippen LogP contribution in [0.4, 0.5) is 0 Å². The normalized spacial score (nSPS) is 18.8. The van der Waals surface area contributed by atoms with E-state index in [4.69, 9.17) is 23.2 Å². The van der Waals surface area contributed by atoms with E-state index >= 15 is 0 Å². The predicted molar refractivity (Wildman–Crippen MR) is 148 cm³/mol. The van der Waals surface area contributed by atoms with Crippen LogP contribution in [0.25, 0.3) is 0 Å². The fourth-order valence-corrected chi connectivity index (χ4v) is 6.55. The van der Waals surface area contributed by atoms with Gasteiger partial charge in [0, 0.05) is 31.5 Å². The lowest BCUT2D eigenvalue weighted by molar-refractivity contribution is -0.121. The Labute approximate surface area is 221 Å². The maximum absolute atomic E-state index is 13.7. The SMILES string of the molecule is CC(C)(C)[Si](C)(C)CC(=O)C(CC(O)N1CCC(O)(c2ccccc2)CC1)c1ccc(Cl)c(Cl)c1. The number of benzene rings is 2. The van der Waals surface area contributed by atoms with Crippen molar-refractivity contribution in [2.75, 3.05) is 13.1 Å². The largest absolute Gasteiger partial charge is 0.385 e. The van der Waals surface area contributed by atoms with Crippen LogP contribution in [0.2, 0.25) is 34.2 Å². The third-order valence-corrected chi connectivity index (χ3v) is 14.2. The van der Waals surface area contributed by atoms with Crippen molar-refractivity contribution in [2.24, 2.45) is 0 Å². The second-order valence-electron chi connectivity index (χ2n) is 11.7. The Hall–Kier alpha value is -1.21. The predicted octanol–water partition coefficient (Wildman–Crippen LogP) is 6.85. The van der Waals surface area contributed by atoms with Crippen LogP contribution in [0.15, 0.2) is 48.5 Å². The van der Waals surface area contributed by atoms with E-state index in [1.807, 2.05) is 41.3 Å². The zero-order valence-corrected chi connectivity index (χ0v) is 24.0. The molecule has 1 fully saturated rings. The molecule has 7 heteroatoms. The third-order valence-electron chi connectivity index (χ3n) is 8.19. The number of carbonyl (C=O) groups excluding carboxylic acids is 1. The summed E-state index contributed by atoms with van der Waals surface area (Å²) in [6.07, 6.45) is 0.556. The topological polar surface area (TPSA) is 60.8 Å². The summed E-state index contributed by atoms with van der Waals surface area (Å²) in [5.41, 5.74) is 0.811. The average molecular weight is 537 g/mol. The van der Waals surface area contributed by atoms with Gasteiger partial charge in [0.25, 0.3) is 0 Å². The molecule has 0 radical (unpaired) electrons. The summed E-state index contributed by atoms with van der Waals surface area (Å²) in [6, 6.07) is 15.6. The lowest BCUT2D eigenvalue weighted by Gasteiger charge is -2.41. The Morgan fingerprint density at radius 1 is 1.06 bits per heavy atom. The van der Waals surface area contributed by atoms with Gasteiger partial charge in [-0.3, -0.25) is 9.69 Å². The third kappa shape index (κ3) is 6.76. The standard InChI is InChI=1S/C28H39Cl2NO3Si/c1-27(2,3)35(4,5)19-25(32)22(20-11-12-23(29)24(30)17-20)18-26(33)31-15-13-28(34,14-16-31)21-9-7-6-8-10-21/h6-12,17,22,26,33-34H,13-16,18-19H2,1-5H3. The summed E-state index contributed by atoms with van der Waals surface area (Å²) in [5.74, 6) is -0.323. The summed E-state index contributed by atoms with van der Waals surface area (Å²) in [7, 11) is -1.87. The summed E-state index contributed by atoms with van der Waals surface area (Å²) >= 11 is 12.5. The first-order valence-corrected chi connectivity index (χ1v) is 16.4. The molecule has 0 aliphatic carbocycles. The first-order chi connectivity index (χ1) is 16.2. The lowest BCUT2D eigenvalue weighted by atomic mass is 9.84. The molecule has 0 amide bonds. The number of Topliss-reactive ketones (excluding diaryl/α,β-unsaturated/α-hetero) is 1. The molecule has 2 aromatic carbocycles. The van der Waals surface area contributed by atoms with Gasteiger partial charge in [-0.2, -0.15) is 0 Å². The summed E-state index contributed by atoms with van der Waals surface area (Å²) in [5, 5.41) is 23.3. The first-order valence-electron chi connectivity index (χ1n) is 12.4. The molecule has 3 rings (SSSR count). The molecule has 0 bridgehead atoms. The number of aliphatic hydroxyl groups is 2. The Morgan fingerprint density at radius 2 is 1.66 bits per heavy atom. The van der Waals surface area contributed by atoms with Crippen LogP contribution in [-0.2, 0) is 10.4 Å². The number of ketones is 1. The van der Waals surface area contributed by atoms with Gasteiger partial charge in [-0.15, -0.1) is 0 Å². The smallest absolute Gasteiger partial charge is 0.137 e. The zero-order valence-electron chi connectivity index (χ0n) is 21.5. The number of hydrogen-bond acceptors (Lipinski definition) is 4. The van der Waals surface area contributed by atoms with Gasteiger partial charge in [-0.25, -0.2) is 0 Å². The van der Waals surface area contributed by atoms with Crippen molar-refractivity contribution >= 4 is 37.1 Å². The number of carbonyl (C=O) groups is 1. The van der Waals surface area contributed by atoms with E-state index in [1.165, 1.54) is 0 Å². The van der Waals surface area contributed by atoms with Gasteiger partial charge < -0.3 is 10.2 Å². The fourth-order valence-electron chi connectivity index (χ4n) is 4.60. The van der Waals surface area contributed by atoms with Gasteiger partial charge in [0.15, 0.2) is 0 Å². The minimum atomic E-state index is -1.87. The van der Waals surface area contributed by atoms with Crippen molar-refractivity contribution in [3.8, 4) is 0 Å². The van der Waals surface area contributed by atoms with Crippen LogP contribution in [0.3, 0.4) is 0 Å². The van der Waals surface area contributed by atoms with Crippen molar-refractivity contribution < 1.29 is 15.0 Å². The van der Waals surface area contributed by atoms with Crippen LogP contribution in [0, 0.1) is 0 Å². The second kappa shape index (κ2) is 11.0. The lowest BCUT2D eigenvalue weighted by Crippen LogP contribution is -2.48. The summed E-state index contributed by atoms with van der Waals surface area (Å²) < 4.78 is 0. The molecule has 1 heterocycles. The van der Waals surface area contributed by atoms with Gasteiger partial charge in [0.05, 0.1) is 23.7 Å². The van der Waals surface area contributed by atoms with E-state index in [0.29, 0.717) is 42.0 Å². The van der Waals surface area contributed by atoms with Crippen LogP contribution >= 0.6 is 23.2 Å². The highest BCUT2D eigenvalue weighted by Gasteiger charge is 2.40. The minimum Gasteiger partial charge on any atom is -0.385 e. The van der Waals surface area contributed by atoms with Crippen molar-refractivity contribution in [2.45, 2.75) is 82.0 Å². The van der Waals surface area contributed by atoms with E-state index < -0.39 is 25.8 Å². The van der Waals surface area contributed by atoms with Crippen molar-refractivity contribution in [3.63, 3.8) is 0 Å². The summed E-state index contributed by atoms with van der Waals surface area (Å²) in [6.45, 7) is 12.2. The molecule has 192 valence electrons. The van der Waals surface area contributed by atoms with Crippen LogP contribution in [0.5, 0.6) is 0 Å². The summed E-state index contributed by atoms with van der Waals surface area (Å²) in [4.78, 5) is 15.7. The Bertz CT molecular complexity index is 1010. The maximum Gasteiger partial charge on any atom is 0.137 e. The van der Waals surface area contributed by atoms with E-state index in [0.717, 1.165) is 11.1 Å². The first kappa shape index (κ1) is 28.4. The molecule has 2 unspecified atom stereocenters. The van der Waals surface area contributed by atoms with Gasteiger partial charge in [0.1, 0.15) is 12.0 Å². The van der Waals surface area contributed by atoms with Crippen molar-refractivity contribution in [3.05, 3.63) is 69.7 Å². The Morgan fingerprint density at radius 3 is 2.20 bits per heavy atom. The molecule has 0 saturated carbocycles. The molecule has 0 aromatic heterocycles. The van der Waals surface area contributed by atoms with Crippen molar-refractivity contribution in [1.82, 2.24) is 4.90 Å². The van der Waals surface area contributed by atoms with Gasteiger partial charge in [-0.1, -0.05) is 93.5 Å². The number of halogens is 2. The number of rotatable bonds is 8. The number of piperidine rings is 1. The highest BCUT2D eigenvalue weighted by molar-refractivity contribution is 6.82. The number of likely N-dealkylation sites (tertiary alicyclic amines) is 1. The maximum atomic E-state index is 13.7. The van der Waals surface area contributed by atoms with Gasteiger partial charge >= 0.3 is 0 Å². The van der Waals surface area contributed by atoms with Crippen molar-refractivity contribution in [1.29, 1.82) is 0 Å². The molecule has 0 spiro atoms. The molecule has 2 N–H and O–H groups in total. The minimum absolute atomic E-state index is 0.0816. The molecule has 1 aliphatic rings. The van der Waals surface area contributed by atoms with Gasteiger partial charge in [-0.05, 0) is 41.1 Å². The number of aliphatic hydroxyl groups excluding tert-OH is 1. The van der Waals surface area contributed by atoms with E-state index in [-0.39, 0.29) is 17.2 Å². The quantitative estimate of drug-likeness (QED) is 0.363. The number of hydrogen-bond donors (Lipinski definition) is 2. The van der Waals surface area contributed by atoms with E-state index in [2.05, 4.69) is 33.9 Å².